The first-order valence-corrected chi connectivity index (χ1v) is 11.8. The van der Waals surface area contributed by atoms with Crippen LogP contribution in [-0.2, 0) is 10.0 Å². The third-order valence-corrected chi connectivity index (χ3v) is 6.52. The van der Waals surface area contributed by atoms with Crippen LogP contribution >= 0.6 is 24.0 Å². The molecule has 0 aliphatic carbocycles. The predicted octanol–water partition coefficient (Wildman–Crippen LogP) is 1.95. The lowest BCUT2D eigenvalue weighted by Crippen LogP contribution is -2.46. The van der Waals surface area contributed by atoms with Crippen molar-refractivity contribution in [1.82, 2.24) is 19.8 Å². The highest BCUT2D eigenvalue weighted by Crippen LogP contribution is 2.18. The van der Waals surface area contributed by atoms with Crippen LogP contribution in [0.25, 0.3) is 0 Å². The molecule has 7 nitrogen and oxygen atoms in total. The summed E-state index contributed by atoms with van der Waals surface area (Å²) in [7, 11) is -1.25. The van der Waals surface area contributed by atoms with Gasteiger partial charge in [-0.05, 0) is 58.2 Å². The van der Waals surface area contributed by atoms with E-state index in [9.17, 15) is 8.42 Å². The largest absolute Gasteiger partial charge is 0.356 e. The summed E-state index contributed by atoms with van der Waals surface area (Å²) < 4.78 is 24.7. The van der Waals surface area contributed by atoms with Crippen LogP contribution in [0.1, 0.15) is 46.5 Å². The van der Waals surface area contributed by atoms with E-state index < -0.39 is 10.0 Å². The van der Waals surface area contributed by atoms with Gasteiger partial charge in [-0.1, -0.05) is 13.8 Å². The van der Waals surface area contributed by atoms with Gasteiger partial charge in [0, 0.05) is 32.7 Å². The van der Waals surface area contributed by atoms with Crippen LogP contribution in [0, 0.1) is 5.92 Å². The van der Waals surface area contributed by atoms with Crippen molar-refractivity contribution in [3.63, 3.8) is 0 Å². The van der Waals surface area contributed by atoms with E-state index in [0.29, 0.717) is 25.0 Å². The minimum atomic E-state index is -3.05. The standard InChI is InChI=1S/C18H39N5O2S.HI/c1-6-22(7-2)12-8-9-16(3)21-18(19-4)20-15-17-10-13-23(14-11-17)26(5,24)25;/h16-17H,6-15H2,1-5H3,(H2,19,20,21);1H. The number of hydrogen-bond donors (Lipinski definition) is 2. The summed E-state index contributed by atoms with van der Waals surface area (Å²) in [4.78, 5) is 6.77. The van der Waals surface area contributed by atoms with Crippen LogP contribution in [0.2, 0.25) is 0 Å². The molecule has 0 radical (unpaired) electrons. The number of aliphatic imine (C=N–C) groups is 1. The Morgan fingerprint density at radius 2 is 1.85 bits per heavy atom. The molecule has 2 N–H and O–H groups in total. The van der Waals surface area contributed by atoms with Gasteiger partial charge in [0.05, 0.1) is 6.26 Å². The maximum absolute atomic E-state index is 11.6. The Hall–Kier alpha value is -0.130. The average molecular weight is 518 g/mol. The molecule has 1 rings (SSSR count). The van der Waals surface area contributed by atoms with E-state index in [0.717, 1.165) is 51.4 Å². The Morgan fingerprint density at radius 3 is 2.33 bits per heavy atom. The number of nitrogens with zero attached hydrogens (tertiary/aromatic N) is 3. The first-order chi connectivity index (χ1) is 12.3. The van der Waals surface area contributed by atoms with Gasteiger partial charge in [-0.2, -0.15) is 0 Å². The van der Waals surface area contributed by atoms with Crippen molar-refractivity contribution in [3.05, 3.63) is 0 Å². The average Bonchev–Trinajstić information content (AvgIpc) is 2.61. The topological polar surface area (TPSA) is 77.0 Å². The molecule has 1 aliphatic heterocycles. The van der Waals surface area contributed by atoms with E-state index in [2.05, 4.69) is 41.3 Å². The number of hydrogen-bond acceptors (Lipinski definition) is 4. The Kier molecular flexibility index (Phi) is 13.9. The molecule has 0 spiro atoms. The molecular formula is C18H40IN5O2S. The van der Waals surface area contributed by atoms with Gasteiger partial charge in [0.15, 0.2) is 5.96 Å². The third-order valence-electron chi connectivity index (χ3n) is 5.21. The smallest absolute Gasteiger partial charge is 0.211 e. The van der Waals surface area contributed by atoms with Gasteiger partial charge in [0.25, 0.3) is 0 Å². The number of guanidine groups is 1. The number of rotatable bonds is 10. The van der Waals surface area contributed by atoms with Crippen LogP contribution in [-0.4, -0.2) is 82.2 Å². The number of halogens is 1. The quantitative estimate of drug-likeness (QED) is 0.263. The fourth-order valence-electron chi connectivity index (χ4n) is 3.35. The molecule has 0 amide bonds. The zero-order chi connectivity index (χ0) is 19.6. The highest BCUT2D eigenvalue weighted by Gasteiger charge is 2.24. The second-order valence-corrected chi connectivity index (χ2v) is 9.26. The molecule has 1 atom stereocenters. The van der Waals surface area contributed by atoms with Crippen molar-refractivity contribution < 1.29 is 8.42 Å². The minimum absolute atomic E-state index is 0. The van der Waals surface area contributed by atoms with Gasteiger partial charge in [-0.15, -0.1) is 24.0 Å². The van der Waals surface area contributed by atoms with Gasteiger partial charge in [0.2, 0.25) is 10.0 Å². The zero-order valence-corrected chi connectivity index (χ0v) is 20.8. The summed E-state index contributed by atoms with van der Waals surface area (Å²) in [5, 5.41) is 6.87. The first kappa shape index (κ1) is 26.9. The molecule has 0 aromatic rings. The van der Waals surface area contributed by atoms with E-state index in [1.807, 2.05) is 0 Å². The lowest BCUT2D eigenvalue weighted by Gasteiger charge is -2.30. The molecule has 0 aromatic carbocycles. The van der Waals surface area contributed by atoms with Gasteiger partial charge in [-0.25, -0.2) is 12.7 Å². The number of nitrogens with one attached hydrogen (secondary N) is 2. The van der Waals surface area contributed by atoms with Crippen molar-refractivity contribution >= 4 is 40.0 Å². The van der Waals surface area contributed by atoms with Crippen molar-refractivity contribution in [3.8, 4) is 0 Å². The Bertz CT molecular complexity index is 518. The molecule has 1 aliphatic rings. The maximum Gasteiger partial charge on any atom is 0.211 e. The second kappa shape index (κ2) is 13.9. The molecule has 1 fully saturated rings. The van der Waals surface area contributed by atoms with Gasteiger partial charge >= 0.3 is 0 Å². The summed E-state index contributed by atoms with van der Waals surface area (Å²) in [6, 6.07) is 0.379. The van der Waals surface area contributed by atoms with Crippen molar-refractivity contribution in [2.75, 3.05) is 52.6 Å². The summed E-state index contributed by atoms with van der Waals surface area (Å²) in [6.07, 6.45) is 5.38. The molecule has 162 valence electrons. The van der Waals surface area contributed by atoms with Crippen molar-refractivity contribution in [2.45, 2.75) is 52.5 Å². The fraction of sp³-hybridized carbons (Fsp3) is 0.944. The van der Waals surface area contributed by atoms with Gasteiger partial charge < -0.3 is 15.5 Å². The Balaban J connectivity index is 0.00000676. The Morgan fingerprint density at radius 1 is 1.26 bits per heavy atom. The van der Waals surface area contributed by atoms with Crippen LogP contribution in [0.5, 0.6) is 0 Å². The SMILES string of the molecule is CCN(CC)CCCC(C)NC(=NC)NCC1CCN(S(C)(=O)=O)CC1.I. The van der Waals surface area contributed by atoms with Crippen molar-refractivity contribution in [1.29, 1.82) is 0 Å². The molecule has 9 heteroatoms. The predicted molar refractivity (Wildman–Crippen MR) is 126 cm³/mol. The van der Waals surface area contributed by atoms with E-state index in [1.54, 1.807) is 11.4 Å². The molecule has 0 saturated carbocycles. The highest BCUT2D eigenvalue weighted by atomic mass is 127. The lowest BCUT2D eigenvalue weighted by molar-refractivity contribution is 0.274. The van der Waals surface area contributed by atoms with E-state index in [-0.39, 0.29) is 24.0 Å². The molecule has 0 aromatic heterocycles. The van der Waals surface area contributed by atoms with E-state index >= 15 is 0 Å². The van der Waals surface area contributed by atoms with E-state index in [1.165, 1.54) is 12.7 Å². The zero-order valence-electron chi connectivity index (χ0n) is 17.7. The monoisotopic (exact) mass is 517 g/mol. The fourth-order valence-corrected chi connectivity index (χ4v) is 4.22. The van der Waals surface area contributed by atoms with E-state index in [4.69, 9.17) is 0 Å². The lowest BCUT2D eigenvalue weighted by atomic mass is 9.98. The first-order valence-electron chi connectivity index (χ1n) is 9.94. The number of sulfonamides is 1. The normalized spacial score (nSPS) is 18.2. The summed E-state index contributed by atoms with van der Waals surface area (Å²) in [5.41, 5.74) is 0. The minimum Gasteiger partial charge on any atom is -0.356 e. The summed E-state index contributed by atoms with van der Waals surface area (Å²) in [5.74, 6) is 1.33. The second-order valence-electron chi connectivity index (χ2n) is 7.27. The molecule has 1 saturated heterocycles. The molecule has 0 bridgehead atoms. The van der Waals surface area contributed by atoms with Crippen LogP contribution < -0.4 is 10.6 Å². The molecular weight excluding hydrogens is 477 g/mol. The molecule has 1 unspecified atom stereocenters. The highest BCUT2D eigenvalue weighted by molar-refractivity contribution is 14.0. The van der Waals surface area contributed by atoms with Crippen LogP contribution in [0.15, 0.2) is 4.99 Å². The molecule has 27 heavy (non-hydrogen) atoms. The summed E-state index contributed by atoms with van der Waals surface area (Å²) in [6.45, 7) is 12.1. The van der Waals surface area contributed by atoms with Crippen molar-refractivity contribution in [2.24, 2.45) is 10.9 Å². The Labute approximate surface area is 183 Å². The van der Waals surface area contributed by atoms with Crippen LogP contribution in [0.3, 0.4) is 0 Å². The molecule has 1 heterocycles. The van der Waals surface area contributed by atoms with Gasteiger partial charge in [-0.3, -0.25) is 4.99 Å². The summed E-state index contributed by atoms with van der Waals surface area (Å²) >= 11 is 0. The number of piperidine rings is 1. The maximum atomic E-state index is 11.6. The van der Waals surface area contributed by atoms with Crippen LogP contribution in [0.4, 0.5) is 0 Å². The third kappa shape index (κ3) is 10.8. The van der Waals surface area contributed by atoms with Gasteiger partial charge in [0.1, 0.15) is 0 Å².